The van der Waals surface area contributed by atoms with E-state index in [1.54, 1.807) is 6.92 Å². The lowest BCUT2D eigenvalue weighted by Crippen LogP contribution is -2.21. The van der Waals surface area contributed by atoms with Gasteiger partial charge in [0.25, 0.3) is 10.1 Å². The van der Waals surface area contributed by atoms with Gasteiger partial charge in [0.2, 0.25) is 0 Å². The molecule has 22 heavy (non-hydrogen) atoms. The summed E-state index contributed by atoms with van der Waals surface area (Å²) >= 11 is 0. The molecule has 0 saturated heterocycles. The largest absolute Gasteiger partial charge is 0.393 e. The summed E-state index contributed by atoms with van der Waals surface area (Å²) in [5.74, 6) is 0. The highest BCUT2D eigenvalue weighted by Gasteiger charge is 2.22. The van der Waals surface area contributed by atoms with Crippen molar-refractivity contribution in [1.29, 1.82) is 0 Å². The van der Waals surface area contributed by atoms with Gasteiger partial charge in [-0.15, -0.1) is 0 Å². The van der Waals surface area contributed by atoms with E-state index >= 15 is 0 Å². The van der Waals surface area contributed by atoms with Crippen LogP contribution in [0.2, 0.25) is 0 Å². The molecule has 0 saturated carbocycles. The summed E-state index contributed by atoms with van der Waals surface area (Å²) in [5.41, 5.74) is 0. The molecule has 134 valence electrons. The summed E-state index contributed by atoms with van der Waals surface area (Å²) in [6.07, 6.45) is 12.6. The molecular formula is C17H36O4S. The summed E-state index contributed by atoms with van der Waals surface area (Å²) in [6.45, 7) is 3.91. The molecule has 4 nitrogen and oxygen atoms in total. The Labute approximate surface area is 137 Å². The van der Waals surface area contributed by atoms with E-state index in [9.17, 15) is 18.1 Å². The van der Waals surface area contributed by atoms with E-state index in [2.05, 4.69) is 6.92 Å². The van der Waals surface area contributed by atoms with Gasteiger partial charge in [-0.2, -0.15) is 8.42 Å². The molecule has 0 aromatic rings. The molecule has 0 aromatic carbocycles. The predicted molar refractivity (Wildman–Crippen MR) is 92.7 cm³/mol. The van der Waals surface area contributed by atoms with Crippen molar-refractivity contribution in [3.05, 3.63) is 0 Å². The van der Waals surface area contributed by atoms with Crippen LogP contribution in [-0.2, 0) is 10.1 Å². The second-order valence-electron chi connectivity index (χ2n) is 6.53. The third-order valence-corrected chi connectivity index (χ3v) is 5.51. The highest BCUT2D eigenvalue weighted by atomic mass is 32.2. The molecule has 0 rings (SSSR count). The van der Waals surface area contributed by atoms with Crippen molar-refractivity contribution in [2.24, 2.45) is 0 Å². The van der Waals surface area contributed by atoms with Crippen LogP contribution in [0.3, 0.4) is 0 Å². The van der Waals surface area contributed by atoms with Crippen molar-refractivity contribution in [3.8, 4) is 0 Å². The van der Waals surface area contributed by atoms with Gasteiger partial charge in [-0.05, 0) is 32.6 Å². The molecule has 2 N–H and O–H groups in total. The van der Waals surface area contributed by atoms with Gasteiger partial charge < -0.3 is 5.11 Å². The van der Waals surface area contributed by atoms with Crippen LogP contribution in [0.1, 0.15) is 97.3 Å². The topological polar surface area (TPSA) is 74.6 Å². The van der Waals surface area contributed by atoms with Crippen molar-refractivity contribution in [3.63, 3.8) is 0 Å². The van der Waals surface area contributed by atoms with Crippen molar-refractivity contribution in [2.75, 3.05) is 0 Å². The molecule has 0 radical (unpaired) electrons. The zero-order valence-corrected chi connectivity index (χ0v) is 15.3. The number of unbranched alkanes of at least 4 members (excludes halogenated alkanes) is 8. The van der Waals surface area contributed by atoms with Crippen molar-refractivity contribution in [2.45, 2.75) is 109 Å². The second-order valence-corrected chi connectivity index (χ2v) is 8.23. The number of aliphatic hydroxyl groups is 1. The van der Waals surface area contributed by atoms with Crippen LogP contribution in [-0.4, -0.2) is 29.4 Å². The minimum atomic E-state index is -3.95. The van der Waals surface area contributed by atoms with Crippen LogP contribution in [0.25, 0.3) is 0 Å². The van der Waals surface area contributed by atoms with Gasteiger partial charge in [0.1, 0.15) is 0 Å². The Balaban J connectivity index is 3.72. The summed E-state index contributed by atoms with van der Waals surface area (Å²) in [4.78, 5) is 0. The molecular weight excluding hydrogens is 300 g/mol. The zero-order chi connectivity index (χ0) is 16.8. The summed E-state index contributed by atoms with van der Waals surface area (Å²) < 4.78 is 32.0. The maximum atomic E-state index is 11.4. The molecule has 0 heterocycles. The summed E-state index contributed by atoms with van der Waals surface area (Å²) in [6, 6.07) is 0. The van der Waals surface area contributed by atoms with Gasteiger partial charge >= 0.3 is 0 Å². The molecule has 0 aliphatic carbocycles. The monoisotopic (exact) mass is 336 g/mol. The van der Waals surface area contributed by atoms with Gasteiger partial charge in [-0.25, -0.2) is 0 Å². The van der Waals surface area contributed by atoms with Gasteiger partial charge in [0.15, 0.2) is 0 Å². The van der Waals surface area contributed by atoms with Crippen molar-refractivity contribution < 1.29 is 18.1 Å². The van der Waals surface area contributed by atoms with E-state index in [0.717, 1.165) is 19.3 Å². The fraction of sp³-hybridized carbons (Fsp3) is 1.00. The molecule has 0 spiro atoms. The molecule has 5 heteroatoms. The number of rotatable bonds is 15. The van der Waals surface area contributed by atoms with E-state index in [0.29, 0.717) is 25.7 Å². The first kappa shape index (κ1) is 21.9. The van der Waals surface area contributed by atoms with E-state index < -0.39 is 21.5 Å². The van der Waals surface area contributed by atoms with Gasteiger partial charge in [-0.1, -0.05) is 64.7 Å². The maximum Gasteiger partial charge on any atom is 0.267 e. The molecule has 0 aliphatic heterocycles. The summed E-state index contributed by atoms with van der Waals surface area (Å²) in [5, 5.41) is 8.55. The smallest absolute Gasteiger partial charge is 0.267 e. The van der Waals surface area contributed by atoms with Crippen molar-refractivity contribution >= 4 is 10.1 Å². The normalized spacial score (nSPS) is 14.9. The molecule has 0 fully saturated rings. The van der Waals surface area contributed by atoms with Crippen LogP contribution < -0.4 is 0 Å². The Hall–Kier alpha value is -0.130. The lowest BCUT2D eigenvalue weighted by Gasteiger charge is -2.14. The molecule has 0 aliphatic rings. The first-order valence-electron chi connectivity index (χ1n) is 9.02. The van der Waals surface area contributed by atoms with Crippen LogP contribution in [0.15, 0.2) is 0 Å². The SMILES string of the molecule is CCCCCCCCCCCC(CCCC(C)O)S(=O)(=O)O. The van der Waals surface area contributed by atoms with Crippen molar-refractivity contribution in [1.82, 2.24) is 0 Å². The van der Waals surface area contributed by atoms with Crippen LogP contribution >= 0.6 is 0 Å². The predicted octanol–water partition coefficient (Wildman–Crippen LogP) is 4.71. The Morgan fingerprint density at radius 3 is 1.68 bits per heavy atom. The van der Waals surface area contributed by atoms with Gasteiger partial charge in [0, 0.05) is 0 Å². The fourth-order valence-electron chi connectivity index (χ4n) is 2.77. The highest BCUT2D eigenvalue weighted by molar-refractivity contribution is 7.86. The fourth-order valence-corrected chi connectivity index (χ4v) is 3.69. The third-order valence-electron chi connectivity index (χ3n) is 4.20. The lowest BCUT2D eigenvalue weighted by molar-refractivity contribution is 0.180. The second kappa shape index (κ2) is 13.3. The molecule has 2 atom stereocenters. The van der Waals surface area contributed by atoms with Crippen LogP contribution in [0.4, 0.5) is 0 Å². The van der Waals surface area contributed by atoms with E-state index in [1.165, 1.54) is 38.5 Å². The average molecular weight is 337 g/mol. The number of hydrogen-bond acceptors (Lipinski definition) is 3. The zero-order valence-electron chi connectivity index (χ0n) is 14.5. The first-order chi connectivity index (χ1) is 10.4. The Morgan fingerprint density at radius 1 is 0.773 bits per heavy atom. The number of aliphatic hydroxyl groups excluding tert-OH is 1. The number of hydrogen-bond donors (Lipinski definition) is 2. The minimum absolute atomic E-state index is 0.408. The van der Waals surface area contributed by atoms with Gasteiger partial charge in [-0.3, -0.25) is 4.55 Å². The Bertz CT molecular complexity index is 339. The first-order valence-corrected chi connectivity index (χ1v) is 10.5. The highest BCUT2D eigenvalue weighted by Crippen LogP contribution is 2.18. The van der Waals surface area contributed by atoms with E-state index in [4.69, 9.17) is 0 Å². The molecule has 0 aromatic heterocycles. The Kier molecular flexibility index (Phi) is 13.2. The quantitative estimate of drug-likeness (QED) is 0.335. The standard InChI is InChI=1S/C17H36O4S/c1-3-4-5-6-7-8-9-10-11-14-17(22(19,20)21)15-12-13-16(2)18/h16-18H,3-15H2,1-2H3,(H,19,20,21). The van der Waals surface area contributed by atoms with E-state index in [-0.39, 0.29) is 0 Å². The van der Waals surface area contributed by atoms with Crippen LogP contribution in [0, 0.1) is 0 Å². The molecule has 2 unspecified atom stereocenters. The van der Waals surface area contributed by atoms with Gasteiger partial charge in [0.05, 0.1) is 11.4 Å². The average Bonchev–Trinajstić information content (AvgIpc) is 2.42. The van der Waals surface area contributed by atoms with Crippen LogP contribution in [0.5, 0.6) is 0 Å². The Morgan fingerprint density at radius 2 is 1.23 bits per heavy atom. The summed E-state index contributed by atoms with van der Waals surface area (Å²) in [7, 11) is -3.95. The lowest BCUT2D eigenvalue weighted by atomic mass is 10.0. The maximum absolute atomic E-state index is 11.4. The minimum Gasteiger partial charge on any atom is -0.393 e. The third kappa shape index (κ3) is 13.5. The molecule has 0 amide bonds. The van der Waals surface area contributed by atoms with E-state index in [1.807, 2.05) is 0 Å². The molecule has 0 bridgehead atoms.